The van der Waals surface area contributed by atoms with Crippen molar-refractivity contribution in [3.05, 3.63) is 0 Å². The first-order valence-corrected chi connectivity index (χ1v) is 8.44. The molecule has 0 amide bonds. The topological polar surface area (TPSA) is 0 Å². The van der Waals surface area contributed by atoms with Crippen LogP contribution in [0.1, 0.15) is 88.5 Å². The van der Waals surface area contributed by atoms with Crippen LogP contribution in [-0.2, 0) is 0 Å². The first-order chi connectivity index (χ1) is 9.00. The zero-order chi connectivity index (χ0) is 16.2. The Labute approximate surface area is 129 Å². The van der Waals surface area contributed by atoms with Crippen LogP contribution in [0.4, 0.5) is 0 Å². The Balaban J connectivity index is 5.81. The van der Waals surface area contributed by atoms with Crippen molar-refractivity contribution in [2.75, 3.05) is 0 Å². The maximum Gasteiger partial charge on any atom is 0.0390 e. The van der Waals surface area contributed by atoms with E-state index in [1.807, 2.05) is 6.92 Å². The van der Waals surface area contributed by atoms with Gasteiger partial charge in [0.1, 0.15) is 0 Å². The standard InChI is InChI=1S/C20H38/c1-11-14-20(10,18(6,7)13-3)19(8,9)17(12-2)15-16(4)5/h16-17H,12-13,15H2,1-10H3. The summed E-state index contributed by atoms with van der Waals surface area (Å²) in [5.74, 6) is 8.34. The van der Waals surface area contributed by atoms with E-state index < -0.39 is 0 Å². The monoisotopic (exact) mass is 278 g/mol. The van der Waals surface area contributed by atoms with Crippen LogP contribution in [-0.4, -0.2) is 0 Å². The molecule has 0 bridgehead atoms. The molecule has 0 aliphatic heterocycles. The Morgan fingerprint density at radius 3 is 1.75 bits per heavy atom. The Hall–Kier alpha value is -0.440. The lowest BCUT2D eigenvalue weighted by Gasteiger charge is -2.54. The minimum atomic E-state index is 0.0407. The smallest absolute Gasteiger partial charge is 0.0390 e. The van der Waals surface area contributed by atoms with E-state index in [1.54, 1.807) is 0 Å². The largest absolute Gasteiger partial charge is 0.106 e. The van der Waals surface area contributed by atoms with Gasteiger partial charge in [-0.1, -0.05) is 67.7 Å². The second-order valence-corrected chi connectivity index (χ2v) is 8.19. The van der Waals surface area contributed by atoms with Crippen LogP contribution in [0.3, 0.4) is 0 Å². The van der Waals surface area contributed by atoms with Crippen molar-refractivity contribution in [3.63, 3.8) is 0 Å². The van der Waals surface area contributed by atoms with Crippen molar-refractivity contribution >= 4 is 0 Å². The fraction of sp³-hybridized carbons (Fsp3) is 0.900. The fourth-order valence-electron chi connectivity index (χ4n) is 3.75. The molecule has 2 unspecified atom stereocenters. The second-order valence-electron chi connectivity index (χ2n) is 8.19. The van der Waals surface area contributed by atoms with Crippen molar-refractivity contribution in [3.8, 4) is 11.8 Å². The van der Waals surface area contributed by atoms with Crippen LogP contribution in [0, 0.1) is 39.9 Å². The third-order valence-corrected chi connectivity index (χ3v) is 6.17. The lowest BCUT2D eigenvalue weighted by molar-refractivity contribution is -0.0344. The van der Waals surface area contributed by atoms with Crippen molar-refractivity contribution in [2.24, 2.45) is 28.1 Å². The van der Waals surface area contributed by atoms with Crippen molar-refractivity contribution in [1.82, 2.24) is 0 Å². The molecule has 0 fully saturated rings. The van der Waals surface area contributed by atoms with Gasteiger partial charge in [-0.3, -0.25) is 0 Å². The molecule has 0 rings (SSSR count). The maximum absolute atomic E-state index is 3.63. The molecule has 20 heavy (non-hydrogen) atoms. The molecule has 0 aromatic heterocycles. The summed E-state index contributed by atoms with van der Waals surface area (Å²) in [7, 11) is 0. The number of rotatable bonds is 7. The molecule has 0 aliphatic rings. The summed E-state index contributed by atoms with van der Waals surface area (Å²) in [6.07, 6.45) is 3.70. The molecular weight excluding hydrogens is 240 g/mol. The van der Waals surface area contributed by atoms with Crippen LogP contribution in [0.2, 0.25) is 0 Å². The minimum Gasteiger partial charge on any atom is -0.106 e. The molecule has 0 aliphatic carbocycles. The van der Waals surface area contributed by atoms with E-state index in [-0.39, 0.29) is 16.2 Å². The normalized spacial score (nSPS) is 17.4. The molecule has 0 saturated heterocycles. The first-order valence-electron chi connectivity index (χ1n) is 8.44. The summed E-state index contributed by atoms with van der Waals surface area (Å²) < 4.78 is 0. The number of hydrogen-bond donors (Lipinski definition) is 0. The molecule has 0 N–H and O–H groups in total. The maximum atomic E-state index is 3.63. The van der Waals surface area contributed by atoms with Gasteiger partial charge in [0.2, 0.25) is 0 Å². The molecule has 0 radical (unpaired) electrons. The predicted octanol–water partition coefficient (Wildman–Crippen LogP) is 6.55. The van der Waals surface area contributed by atoms with Crippen LogP contribution in [0.15, 0.2) is 0 Å². The molecule has 2 atom stereocenters. The van der Waals surface area contributed by atoms with E-state index in [2.05, 4.69) is 74.2 Å². The SMILES string of the molecule is CC#CC(C)(C(C)(C)CC)C(C)(C)C(CC)CC(C)C. The fourth-order valence-corrected chi connectivity index (χ4v) is 3.75. The molecule has 0 nitrogen and oxygen atoms in total. The highest BCUT2D eigenvalue weighted by molar-refractivity contribution is 5.19. The summed E-state index contributed by atoms with van der Waals surface area (Å²) in [6, 6.07) is 0. The summed E-state index contributed by atoms with van der Waals surface area (Å²) in [5, 5.41) is 0. The van der Waals surface area contributed by atoms with Gasteiger partial charge in [-0.2, -0.15) is 0 Å². The molecule has 0 heterocycles. The van der Waals surface area contributed by atoms with Crippen LogP contribution in [0.5, 0.6) is 0 Å². The van der Waals surface area contributed by atoms with Crippen molar-refractivity contribution in [2.45, 2.75) is 88.5 Å². The van der Waals surface area contributed by atoms with Gasteiger partial charge in [-0.25, -0.2) is 0 Å². The van der Waals surface area contributed by atoms with Crippen LogP contribution >= 0.6 is 0 Å². The van der Waals surface area contributed by atoms with Crippen molar-refractivity contribution in [1.29, 1.82) is 0 Å². The van der Waals surface area contributed by atoms with Gasteiger partial charge in [0, 0.05) is 5.41 Å². The van der Waals surface area contributed by atoms with E-state index in [4.69, 9.17) is 0 Å². The van der Waals surface area contributed by atoms with E-state index in [0.717, 1.165) is 11.8 Å². The quantitative estimate of drug-likeness (QED) is 0.463. The van der Waals surface area contributed by atoms with Gasteiger partial charge in [-0.05, 0) is 49.4 Å². The summed E-state index contributed by atoms with van der Waals surface area (Å²) >= 11 is 0. The van der Waals surface area contributed by atoms with Gasteiger partial charge in [0.25, 0.3) is 0 Å². The molecule has 0 spiro atoms. The first kappa shape index (κ1) is 19.6. The third-order valence-electron chi connectivity index (χ3n) is 6.17. The number of hydrogen-bond acceptors (Lipinski definition) is 0. The Bertz CT molecular complexity index is 348. The molecule has 0 saturated carbocycles. The molecule has 0 aromatic rings. The zero-order valence-electron chi connectivity index (χ0n) is 15.8. The van der Waals surface area contributed by atoms with Gasteiger partial charge in [0.05, 0.1) is 0 Å². The van der Waals surface area contributed by atoms with Crippen molar-refractivity contribution < 1.29 is 0 Å². The lowest BCUT2D eigenvalue weighted by Crippen LogP contribution is -2.49. The highest BCUT2D eigenvalue weighted by atomic mass is 14.5. The lowest BCUT2D eigenvalue weighted by atomic mass is 9.49. The average Bonchev–Trinajstić information content (AvgIpc) is 2.35. The third kappa shape index (κ3) is 3.60. The summed E-state index contributed by atoms with van der Waals surface area (Å²) in [6.45, 7) is 23.4. The van der Waals surface area contributed by atoms with Gasteiger partial charge < -0.3 is 0 Å². The highest BCUT2D eigenvalue weighted by Gasteiger charge is 2.52. The van der Waals surface area contributed by atoms with E-state index in [9.17, 15) is 0 Å². The summed E-state index contributed by atoms with van der Waals surface area (Å²) in [4.78, 5) is 0. The Morgan fingerprint density at radius 2 is 1.45 bits per heavy atom. The summed E-state index contributed by atoms with van der Waals surface area (Å²) in [5.41, 5.74) is 0.484. The zero-order valence-corrected chi connectivity index (χ0v) is 15.8. The molecule has 118 valence electrons. The molecule has 0 aromatic carbocycles. The molecule has 0 heteroatoms. The average molecular weight is 279 g/mol. The van der Waals surface area contributed by atoms with Crippen LogP contribution < -0.4 is 0 Å². The van der Waals surface area contributed by atoms with Gasteiger partial charge >= 0.3 is 0 Å². The second kappa shape index (κ2) is 7.02. The van der Waals surface area contributed by atoms with E-state index in [1.165, 1.54) is 19.3 Å². The predicted molar refractivity (Wildman–Crippen MR) is 92.6 cm³/mol. The Morgan fingerprint density at radius 1 is 0.950 bits per heavy atom. The highest BCUT2D eigenvalue weighted by Crippen LogP contribution is 2.57. The Kier molecular flexibility index (Phi) is 6.86. The minimum absolute atomic E-state index is 0.0407. The van der Waals surface area contributed by atoms with Gasteiger partial charge in [-0.15, -0.1) is 5.92 Å². The van der Waals surface area contributed by atoms with E-state index in [0.29, 0.717) is 0 Å². The van der Waals surface area contributed by atoms with E-state index >= 15 is 0 Å². The van der Waals surface area contributed by atoms with Crippen LogP contribution in [0.25, 0.3) is 0 Å². The molecular formula is C20H38. The van der Waals surface area contributed by atoms with Gasteiger partial charge in [0.15, 0.2) is 0 Å².